The van der Waals surface area contributed by atoms with Crippen LogP contribution in [0.3, 0.4) is 0 Å². The Bertz CT molecular complexity index is 621. The van der Waals surface area contributed by atoms with Gasteiger partial charge in [0, 0.05) is 30.1 Å². The fourth-order valence-electron chi connectivity index (χ4n) is 1.99. The normalized spacial score (nSPS) is 12.2. The Morgan fingerprint density at radius 1 is 1.35 bits per heavy atom. The van der Waals surface area contributed by atoms with Crippen molar-refractivity contribution >= 4 is 22.8 Å². The number of aromatic nitrogens is 1. The van der Waals surface area contributed by atoms with Crippen LogP contribution in [0.25, 0.3) is 10.9 Å². The Balaban J connectivity index is 1.86. The Morgan fingerprint density at radius 3 is 2.85 bits per heavy atom. The minimum atomic E-state index is -1.12. The van der Waals surface area contributed by atoms with Crippen molar-refractivity contribution in [2.75, 3.05) is 6.54 Å². The molecule has 5 N–H and O–H groups in total. The molecule has 0 aliphatic rings. The summed E-state index contributed by atoms with van der Waals surface area (Å²) < 4.78 is 0. The van der Waals surface area contributed by atoms with Crippen molar-refractivity contribution in [3.05, 3.63) is 36.0 Å². The number of fused-ring (bicyclic) bond motifs is 1. The first kappa shape index (κ1) is 14.1. The molecule has 0 fully saturated rings. The third kappa shape index (κ3) is 3.36. The number of para-hydroxylation sites is 1. The number of carbonyl (C=O) groups excluding carboxylic acids is 1. The summed E-state index contributed by atoms with van der Waals surface area (Å²) >= 11 is 0. The van der Waals surface area contributed by atoms with E-state index in [1.165, 1.54) is 0 Å². The number of amides is 1. The lowest BCUT2D eigenvalue weighted by atomic mass is 10.1. The summed E-state index contributed by atoms with van der Waals surface area (Å²) in [5, 5.41) is 12.2. The predicted molar refractivity (Wildman–Crippen MR) is 75.2 cm³/mol. The van der Waals surface area contributed by atoms with E-state index >= 15 is 0 Å². The number of hydrogen-bond donors (Lipinski definition) is 4. The first-order chi connectivity index (χ1) is 9.58. The molecule has 0 spiro atoms. The Morgan fingerprint density at radius 2 is 2.10 bits per heavy atom. The van der Waals surface area contributed by atoms with Gasteiger partial charge in [0.1, 0.15) is 6.04 Å². The van der Waals surface area contributed by atoms with Crippen LogP contribution in [0.15, 0.2) is 30.5 Å². The number of H-pyrrole nitrogens is 1. The van der Waals surface area contributed by atoms with Crippen molar-refractivity contribution in [2.45, 2.75) is 18.9 Å². The largest absolute Gasteiger partial charge is 0.480 e. The molecule has 0 unspecified atom stereocenters. The van der Waals surface area contributed by atoms with Crippen molar-refractivity contribution in [1.82, 2.24) is 10.3 Å². The highest BCUT2D eigenvalue weighted by molar-refractivity contribution is 5.84. The Labute approximate surface area is 116 Å². The van der Waals surface area contributed by atoms with E-state index in [-0.39, 0.29) is 12.5 Å². The van der Waals surface area contributed by atoms with E-state index in [1.54, 1.807) is 0 Å². The molecule has 1 heterocycles. The second kappa shape index (κ2) is 6.21. The number of carboxylic acid groups (broad SMARTS) is 1. The average Bonchev–Trinajstić information content (AvgIpc) is 2.85. The van der Waals surface area contributed by atoms with E-state index in [0.717, 1.165) is 16.5 Å². The van der Waals surface area contributed by atoms with Crippen molar-refractivity contribution in [3.63, 3.8) is 0 Å². The van der Waals surface area contributed by atoms with Crippen molar-refractivity contribution in [3.8, 4) is 0 Å². The maximum atomic E-state index is 11.6. The maximum absolute atomic E-state index is 11.6. The molecule has 1 atom stereocenters. The molecule has 106 valence electrons. The number of carboxylic acids is 1. The molecule has 1 aromatic carbocycles. The molecular formula is C14H17N3O3. The zero-order valence-electron chi connectivity index (χ0n) is 10.9. The zero-order valence-corrected chi connectivity index (χ0v) is 10.9. The number of nitrogens with one attached hydrogen (secondary N) is 2. The molecule has 1 amide bonds. The molecule has 6 nitrogen and oxygen atoms in total. The summed E-state index contributed by atoms with van der Waals surface area (Å²) in [4.78, 5) is 25.3. The lowest BCUT2D eigenvalue weighted by Crippen LogP contribution is -2.42. The van der Waals surface area contributed by atoms with Crippen LogP contribution < -0.4 is 11.1 Å². The summed E-state index contributed by atoms with van der Waals surface area (Å²) in [6.07, 6.45) is 2.78. The minimum absolute atomic E-state index is 0.0535. The SMILES string of the molecule is N[C@@H](CNC(=O)CCc1c[nH]c2ccccc12)C(=O)O. The molecule has 0 saturated carbocycles. The van der Waals surface area contributed by atoms with E-state index in [1.807, 2.05) is 30.5 Å². The van der Waals surface area contributed by atoms with Gasteiger partial charge >= 0.3 is 5.97 Å². The molecule has 20 heavy (non-hydrogen) atoms. The van der Waals surface area contributed by atoms with Gasteiger partial charge in [-0.1, -0.05) is 18.2 Å². The fraction of sp³-hybridized carbons (Fsp3) is 0.286. The molecule has 0 radical (unpaired) electrons. The van der Waals surface area contributed by atoms with Gasteiger partial charge in [-0.05, 0) is 18.1 Å². The van der Waals surface area contributed by atoms with E-state index in [4.69, 9.17) is 10.8 Å². The monoisotopic (exact) mass is 275 g/mol. The van der Waals surface area contributed by atoms with Gasteiger partial charge in [-0.25, -0.2) is 0 Å². The molecule has 0 saturated heterocycles. The number of rotatable bonds is 6. The standard InChI is InChI=1S/C14H17N3O3/c15-11(14(19)20)8-17-13(18)6-5-9-7-16-12-4-2-1-3-10(9)12/h1-4,7,11,16H,5-6,8,15H2,(H,17,18)(H,19,20)/t11-/m0/s1. The van der Waals surface area contributed by atoms with Gasteiger partial charge in [-0.15, -0.1) is 0 Å². The van der Waals surface area contributed by atoms with Crippen molar-refractivity contribution < 1.29 is 14.7 Å². The highest BCUT2D eigenvalue weighted by Gasteiger charge is 2.13. The minimum Gasteiger partial charge on any atom is -0.480 e. The summed E-state index contributed by atoms with van der Waals surface area (Å²) in [6, 6.07) is 6.81. The summed E-state index contributed by atoms with van der Waals surface area (Å²) in [7, 11) is 0. The van der Waals surface area contributed by atoms with Gasteiger partial charge in [0.2, 0.25) is 5.91 Å². The summed E-state index contributed by atoms with van der Waals surface area (Å²) in [5.41, 5.74) is 7.42. The third-order valence-corrected chi connectivity index (χ3v) is 3.13. The van der Waals surface area contributed by atoms with Crippen LogP contribution in [0.2, 0.25) is 0 Å². The lowest BCUT2D eigenvalue weighted by molar-refractivity contribution is -0.138. The molecular weight excluding hydrogens is 258 g/mol. The van der Waals surface area contributed by atoms with E-state index in [2.05, 4.69) is 10.3 Å². The number of aliphatic carboxylic acids is 1. The van der Waals surface area contributed by atoms with E-state index in [0.29, 0.717) is 12.8 Å². The van der Waals surface area contributed by atoms with Crippen LogP contribution in [-0.4, -0.2) is 34.6 Å². The molecule has 0 bridgehead atoms. The quantitative estimate of drug-likeness (QED) is 0.620. The fourth-order valence-corrected chi connectivity index (χ4v) is 1.99. The number of benzene rings is 1. The molecule has 0 aliphatic carbocycles. The van der Waals surface area contributed by atoms with Gasteiger partial charge in [-0.2, -0.15) is 0 Å². The third-order valence-electron chi connectivity index (χ3n) is 3.13. The highest BCUT2D eigenvalue weighted by Crippen LogP contribution is 2.18. The number of carbonyl (C=O) groups is 2. The summed E-state index contributed by atoms with van der Waals surface area (Å²) in [5.74, 6) is -1.33. The van der Waals surface area contributed by atoms with Crippen molar-refractivity contribution in [1.29, 1.82) is 0 Å². The van der Waals surface area contributed by atoms with Gasteiger partial charge in [0.15, 0.2) is 0 Å². The van der Waals surface area contributed by atoms with E-state index < -0.39 is 12.0 Å². The van der Waals surface area contributed by atoms with Gasteiger partial charge in [0.25, 0.3) is 0 Å². The Kier molecular flexibility index (Phi) is 4.37. The molecule has 2 aromatic rings. The van der Waals surface area contributed by atoms with Crippen LogP contribution in [0.4, 0.5) is 0 Å². The van der Waals surface area contributed by atoms with Crippen LogP contribution in [0.1, 0.15) is 12.0 Å². The first-order valence-electron chi connectivity index (χ1n) is 6.38. The first-order valence-corrected chi connectivity index (χ1v) is 6.38. The van der Waals surface area contributed by atoms with Crippen LogP contribution in [-0.2, 0) is 16.0 Å². The van der Waals surface area contributed by atoms with Crippen LogP contribution >= 0.6 is 0 Å². The molecule has 6 heteroatoms. The molecule has 2 rings (SSSR count). The van der Waals surface area contributed by atoms with Gasteiger partial charge in [-0.3, -0.25) is 9.59 Å². The molecule has 0 aliphatic heterocycles. The number of hydrogen-bond acceptors (Lipinski definition) is 3. The molecule has 1 aromatic heterocycles. The highest BCUT2D eigenvalue weighted by atomic mass is 16.4. The lowest BCUT2D eigenvalue weighted by Gasteiger charge is -2.08. The average molecular weight is 275 g/mol. The van der Waals surface area contributed by atoms with Crippen LogP contribution in [0, 0.1) is 0 Å². The second-order valence-corrected chi connectivity index (χ2v) is 4.61. The van der Waals surface area contributed by atoms with Crippen molar-refractivity contribution in [2.24, 2.45) is 5.73 Å². The predicted octanol–water partition coefficient (Wildman–Crippen LogP) is 0.629. The van der Waals surface area contributed by atoms with Gasteiger partial charge in [0.05, 0.1) is 0 Å². The zero-order chi connectivity index (χ0) is 14.5. The smallest absolute Gasteiger partial charge is 0.322 e. The summed E-state index contributed by atoms with van der Waals surface area (Å²) in [6.45, 7) is -0.0535. The Hall–Kier alpha value is -2.34. The van der Waals surface area contributed by atoms with Gasteiger partial charge < -0.3 is 21.1 Å². The number of aromatic amines is 1. The van der Waals surface area contributed by atoms with E-state index in [9.17, 15) is 9.59 Å². The topological polar surface area (TPSA) is 108 Å². The van der Waals surface area contributed by atoms with Crippen LogP contribution in [0.5, 0.6) is 0 Å². The maximum Gasteiger partial charge on any atom is 0.322 e. The number of nitrogens with two attached hydrogens (primary N) is 1. The number of aryl methyl sites for hydroxylation is 1. The second-order valence-electron chi connectivity index (χ2n) is 4.61.